The van der Waals surface area contributed by atoms with Crippen molar-refractivity contribution in [1.29, 1.82) is 0 Å². The van der Waals surface area contributed by atoms with Crippen molar-refractivity contribution in [2.75, 3.05) is 13.1 Å². The SMILES string of the molecule is O=C(CCCCc1ccc(Br)cc1)N1CC[C@@H](O)C1. The Kier molecular flexibility index (Phi) is 5.40. The van der Waals surface area contributed by atoms with E-state index in [0.29, 0.717) is 19.5 Å². The first-order valence-electron chi connectivity index (χ1n) is 6.85. The number of aliphatic hydroxyl groups is 1. The Bertz CT molecular complexity index is 419. The molecular weight excluding hydrogens is 306 g/mol. The molecule has 2 rings (SSSR count). The lowest BCUT2D eigenvalue weighted by atomic mass is 10.1. The molecule has 0 radical (unpaired) electrons. The van der Waals surface area contributed by atoms with Crippen LogP contribution in [0.5, 0.6) is 0 Å². The highest BCUT2D eigenvalue weighted by Crippen LogP contribution is 2.14. The van der Waals surface area contributed by atoms with E-state index in [0.717, 1.165) is 30.2 Å². The molecule has 1 atom stereocenters. The monoisotopic (exact) mass is 325 g/mol. The van der Waals surface area contributed by atoms with Gasteiger partial charge < -0.3 is 10.0 Å². The molecule has 1 saturated heterocycles. The van der Waals surface area contributed by atoms with Crippen molar-refractivity contribution in [2.24, 2.45) is 0 Å². The number of hydrogen-bond acceptors (Lipinski definition) is 2. The van der Waals surface area contributed by atoms with Crippen LogP contribution in [-0.2, 0) is 11.2 Å². The van der Waals surface area contributed by atoms with Gasteiger partial charge in [-0.15, -0.1) is 0 Å². The van der Waals surface area contributed by atoms with Crippen molar-refractivity contribution in [3.63, 3.8) is 0 Å². The largest absolute Gasteiger partial charge is 0.391 e. The lowest BCUT2D eigenvalue weighted by Crippen LogP contribution is -2.29. The van der Waals surface area contributed by atoms with Crippen LogP contribution in [0.4, 0.5) is 0 Å². The minimum atomic E-state index is -0.313. The molecule has 1 fully saturated rings. The van der Waals surface area contributed by atoms with E-state index in [1.165, 1.54) is 5.56 Å². The minimum absolute atomic E-state index is 0.187. The molecule has 3 nitrogen and oxygen atoms in total. The number of carbonyl (C=O) groups is 1. The Hall–Kier alpha value is -0.870. The molecule has 1 aromatic rings. The molecule has 1 aliphatic heterocycles. The number of carbonyl (C=O) groups excluding carboxylic acids is 1. The van der Waals surface area contributed by atoms with Gasteiger partial charge in [-0.1, -0.05) is 28.1 Å². The van der Waals surface area contributed by atoms with Crippen LogP contribution in [0, 0.1) is 0 Å². The Balaban J connectivity index is 1.64. The maximum Gasteiger partial charge on any atom is 0.222 e. The number of benzene rings is 1. The molecule has 0 saturated carbocycles. The van der Waals surface area contributed by atoms with Crippen LogP contribution in [-0.4, -0.2) is 35.1 Å². The molecule has 19 heavy (non-hydrogen) atoms. The zero-order valence-electron chi connectivity index (χ0n) is 11.0. The van der Waals surface area contributed by atoms with E-state index in [-0.39, 0.29) is 12.0 Å². The maximum atomic E-state index is 11.9. The smallest absolute Gasteiger partial charge is 0.222 e. The number of unbranched alkanes of at least 4 members (excludes halogenated alkanes) is 1. The summed E-state index contributed by atoms with van der Waals surface area (Å²) in [6, 6.07) is 8.32. The molecular formula is C15H20BrNO2. The molecule has 0 unspecified atom stereocenters. The summed E-state index contributed by atoms with van der Waals surface area (Å²) < 4.78 is 1.10. The van der Waals surface area contributed by atoms with Crippen LogP contribution in [0.1, 0.15) is 31.2 Å². The predicted octanol–water partition coefficient (Wildman–Crippen LogP) is 2.76. The Morgan fingerprint density at radius 3 is 2.68 bits per heavy atom. The molecule has 0 aromatic heterocycles. The van der Waals surface area contributed by atoms with Crippen molar-refractivity contribution in [3.05, 3.63) is 34.3 Å². The van der Waals surface area contributed by atoms with Gasteiger partial charge in [0.1, 0.15) is 0 Å². The average molecular weight is 326 g/mol. The fourth-order valence-corrected chi connectivity index (χ4v) is 2.65. The molecule has 0 spiro atoms. The second-order valence-corrected chi connectivity index (χ2v) is 6.03. The number of aliphatic hydroxyl groups excluding tert-OH is 1. The quantitative estimate of drug-likeness (QED) is 0.846. The summed E-state index contributed by atoms with van der Waals surface area (Å²) >= 11 is 3.42. The van der Waals surface area contributed by atoms with Crippen LogP contribution in [0.3, 0.4) is 0 Å². The predicted molar refractivity (Wildman–Crippen MR) is 78.9 cm³/mol. The molecule has 4 heteroatoms. The third-order valence-electron chi connectivity index (χ3n) is 3.54. The first kappa shape index (κ1) is 14.5. The zero-order valence-corrected chi connectivity index (χ0v) is 12.6. The third kappa shape index (κ3) is 4.62. The highest BCUT2D eigenvalue weighted by atomic mass is 79.9. The van der Waals surface area contributed by atoms with Gasteiger partial charge in [0, 0.05) is 24.0 Å². The molecule has 1 aromatic carbocycles. The van der Waals surface area contributed by atoms with Crippen LogP contribution >= 0.6 is 15.9 Å². The summed E-state index contributed by atoms with van der Waals surface area (Å²) in [6.07, 6.45) is 3.98. The van der Waals surface area contributed by atoms with Crippen molar-refractivity contribution in [1.82, 2.24) is 4.90 Å². The van der Waals surface area contributed by atoms with Gasteiger partial charge in [0.2, 0.25) is 5.91 Å². The number of aryl methyl sites for hydroxylation is 1. The first-order valence-corrected chi connectivity index (χ1v) is 7.65. The zero-order chi connectivity index (χ0) is 13.7. The van der Waals surface area contributed by atoms with Crippen molar-refractivity contribution >= 4 is 21.8 Å². The summed E-state index contributed by atoms with van der Waals surface area (Å²) in [6.45, 7) is 1.23. The van der Waals surface area contributed by atoms with Gasteiger partial charge in [-0.25, -0.2) is 0 Å². The second kappa shape index (κ2) is 7.06. The van der Waals surface area contributed by atoms with Crippen LogP contribution < -0.4 is 0 Å². The first-order chi connectivity index (χ1) is 9.15. The topological polar surface area (TPSA) is 40.5 Å². The van der Waals surface area contributed by atoms with Gasteiger partial charge in [0.15, 0.2) is 0 Å². The summed E-state index contributed by atoms with van der Waals surface area (Å²) in [5.41, 5.74) is 1.31. The molecule has 0 aliphatic carbocycles. The number of rotatable bonds is 5. The number of hydrogen-bond donors (Lipinski definition) is 1. The summed E-state index contributed by atoms with van der Waals surface area (Å²) in [5.74, 6) is 0.187. The highest BCUT2D eigenvalue weighted by molar-refractivity contribution is 9.10. The number of nitrogens with zero attached hydrogens (tertiary/aromatic N) is 1. The molecule has 1 N–H and O–H groups in total. The number of β-amino-alcohol motifs (C(OH)–C–C–N with tert-alkyl or cyclic N) is 1. The van der Waals surface area contributed by atoms with Crippen LogP contribution in [0.25, 0.3) is 0 Å². The minimum Gasteiger partial charge on any atom is -0.391 e. The van der Waals surface area contributed by atoms with Gasteiger partial charge >= 0.3 is 0 Å². The number of halogens is 1. The lowest BCUT2D eigenvalue weighted by Gasteiger charge is -2.15. The van der Waals surface area contributed by atoms with Gasteiger partial charge in [0.05, 0.1) is 6.10 Å². The molecule has 0 bridgehead atoms. The van der Waals surface area contributed by atoms with Gasteiger partial charge in [0.25, 0.3) is 0 Å². The molecule has 104 valence electrons. The van der Waals surface area contributed by atoms with Gasteiger partial charge in [-0.05, 0) is 43.4 Å². The summed E-state index contributed by atoms with van der Waals surface area (Å²) in [7, 11) is 0. The molecule has 1 amide bonds. The fraction of sp³-hybridized carbons (Fsp3) is 0.533. The summed E-state index contributed by atoms with van der Waals surface area (Å²) in [5, 5.41) is 9.39. The Labute approximate surface area is 122 Å². The van der Waals surface area contributed by atoms with Crippen LogP contribution in [0.15, 0.2) is 28.7 Å². The third-order valence-corrected chi connectivity index (χ3v) is 4.06. The number of likely N-dealkylation sites (tertiary alicyclic amines) is 1. The normalized spacial score (nSPS) is 18.8. The molecule has 1 heterocycles. The van der Waals surface area contributed by atoms with Crippen molar-refractivity contribution in [3.8, 4) is 0 Å². The van der Waals surface area contributed by atoms with Crippen molar-refractivity contribution < 1.29 is 9.90 Å². The number of amides is 1. The molecule has 1 aliphatic rings. The summed E-state index contributed by atoms with van der Waals surface area (Å²) in [4.78, 5) is 13.6. The van der Waals surface area contributed by atoms with E-state index in [1.54, 1.807) is 4.90 Å². The van der Waals surface area contributed by atoms with E-state index in [9.17, 15) is 9.90 Å². The maximum absolute atomic E-state index is 11.9. The standard InChI is InChI=1S/C15H20BrNO2/c16-13-7-5-12(6-8-13)3-1-2-4-15(19)17-10-9-14(18)11-17/h5-8,14,18H,1-4,9-11H2/t14-/m1/s1. The lowest BCUT2D eigenvalue weighted by molar-refractivity contribution is -0.130. The highest BCUT2D eigenvalue weighted by Gasteiger charge is 2.23. The fourth-order valence-electron chi connectivity index (χ4n) is 2.38. The second-order valence-electron chi connectivity index (χ2n) is 5.12. The van der Waals surface area contributed by atoms with E-state index in [4.69, 9.17) is 0 Å². The Morgan fingerprint density at radius 1 is 1.32 bits per heavy atom. The average Bonchev–Trinajstić information content (AvgIpc) is 2.83. The van der Waals surface area contributed by atoms with Crippen molar-refractivity contribution in [2.45, 2.75) is 38.2 Å². The van der Waals surface area contributed by atoms with Crippen LogP contribution in [0.2, 0.25) is 0 Å². The van der Waals surface area contributed by atoms with E-state index in [1.807, 2.05) is 12.1 Å². The van der Waals surface area contributed by atoms with E-state index >= 15 is 0 Å². The van der Waals surface area contributed by atoms with Gasteiger partial charge in [-0.3, -0.25) is 4.79 Å². The Morgan fingerprint density at radius 2 is 2.05 bits per heavy atom. The van der Waals surface area contributed by atoms with Gasteiger partial charge in [-0.2, -0.15) is 0 Å². The van der Waals surface area contributed by atoms with E-state index in [2.05, 4.69) is 28.1 Å². The van der Waals surface area contributed by atoms with E-state index < -0.39 is 0 Å².